The Morgan fingerprint density at radius 2 is 1.74 bits per heavy atom. The molecule has 1 amide bonds. The highest BCUT2D eigenvalue weighted by atomic mass is 16.1. The number of anilines is 1. The monoisotopic (exact) mass is 467 g/mol. The zero-order valence-corrected chi connectivity index (χ0v) is 19.9. The van der Waals surface area contributed by atoms with E-state index in [2.05, 4.69) is 64.0 Å². The molecule has 1 aliphatic carbocycles. The standard InChI is InChI=1S/C29H33N5O/c30-18-20-9-11-21(12-10-20)29(35)32-26(15-19-5-2-1-3-6-19)24-8-4-7-22(16-24)23-13-14-25-27(17-23)33-34-28(25)31/h1-8,13-14,16-17,20-21,26H,9-12,15,18,30H2,(H,32,35)(H3,31,33,34)/t20?,21?,26-/m0/s1. The molecule has 0 aliphatic heterocycles. The van der Waals surface area contributed by atoms with Crippen LogP contribution >= 0.6 is 0 Å². The summed E-state index contributed by atoms with van der Waals surface area (Å²) < 4.78 is 0. The normalized spacial score (nSPS) is 18.9. The average molecular weight is 468 g/mol. The molecule has 0 unspecified atom stereocenters. The van der Waals surface area contributed by atoms with Gasteiger partial charge in [0.05, 0.1) is 11.6 Å². The molecule has 0 spiro atoms. The first-order chi connectivity index (χ1) is 17.1. The summed E-state index contributed by atoms with van der Waals surface area (Å²) >= 11 is 0. The lowest BCUT2D eigenvalue weighted by Crippen LogP contribution is -2.37. The van der Waals surface area contributed by atoms with E-state index in [4.69, 9.17) is 11.5 Å². The van der Waals surface area contributed by atoms with E-state index in [0.717, 1.165) is 59.7 Å². The number of H-pyrrole nitrogens is 1. The Balaban J connectivity index is 1.41. The van der Waals surface area contributed by atoms with Crippen LogP contribution in [0, 0.1) is 11.8 Å². The lowest BCUT2D eigenvalue weighted by Gasteiger charge is -2.29. The zero-order valence-electron chi connectivity index (χ0n) is 19.9. The SMILES string of the molecule is NCC1CCC(C(=O)N[C@@H](Cc2ccccc2)c2cccc(-c3ccc4c(N)n[nH]c4c3)c2)CC1. The van der Waals surface area contributed by atoms with E-state index in [1.54, 1.807) is 0 Å². The molecule has 1 aromatic heterocycles. The molecule has 4 aromatic rings. The van der Waals surface area contributed by atoms with Crippen molar-refractivity contribution >= 4 is 22.6 Å². The summed E-state index contributed by atoms with van der Waals surface area (Å²) in [6.45, 7) is 0.717. The molecule has 3 aromatic carbocycles. The number of nitrogens with zero attached hydrogens (tertiary/aromatic N) is 1. The van der Waals surface area contributed by atoms with Crippen molar-refractivity contribution in [3.8, 4) is 11.1 Å². The van der Waals surface area contributed by atoms with Gasteiger partial charge in [-0.3, -0.25) is 9.89 Å². The van der Waals surface area contributed by atoms with Crippen molar-refractivity contribution in [2.24, 2.45) is 17.6 Å². The summed E-state index contributed by atoms with van der Waals surface area (Å²) in [5, 5.41) is 11.4. The van der Waals surface area contributed by atoms with Gasteiger partial charge in [-0.1, -0.05) is 54.6 Å². The minimum atomic E-state index is -0.108. The third-order valence-electron chi connectivity index (χ3n) is 7.36. The van der Waals surface area contributed by atoms with E-state index in [9.17, 15) is 4.79 Å². The molecule has 1 heterocycles. The van der Waals surface area contributed by atoms with Crippen molar-refractivity contribution in [1.29, 1.82) is 0 Å². The van der Waals surface area contributed by atoms with Crippen LogP contribution < -0.4 is 16.8 Å². The number of nitrogen functional groups attached to an aromatic ring is 1. The fourth-order valence-corrected chi connectivity index (χ4v) is 5.21. The highest BCUT2D eigenvalue weighted by Gasteiger charge is 2.27. The maximum absolute atomic E-state index is 13.3. The number of aromatic amines is 1. The minimum Gasteiger partial charge on any atom is -0.382 e. The van der Waals surface area contributed by atoms with Crippen LogP contribution in [0.1, 0.15) is 42.9 Å². The molecule has 1 fully saturated rings. The predicted molar refractivity (Wildman–Crippen MR) is 141 cm³/mol. The Hall–Kier alpha value is -3.64. The lowest BCUT2D eigenvalue weighted by atomic mass is 9.81. The van der Waals surface area contributed by atoms with E-state index < -0.39 is 0 Å². The van der Waals surface area contributed by atoms with Crippen molar-refractivity contribution in [2.45, 2.75) is 38.1 Å². The zero-order chi connectivity index (χ0) is 24.2. The van der Waals surface area contributed by atoms with Crippen LogP contribution in [0.15, 0.2) is 72.8 Å². The van der Waals surface area contributed by atoms with E-state index in [1.165, 1.54) is 5.56 Å². The van der Waals surface area contributed by atoms with Crippen molar-refractivity contribution in [3.63, 3.8) is 0 Å². The van der Waals surface area contributed by atoms with E-state index >= 15 is 0 Å². The molecule has 0 bridgehead atoms. The number of benzene rings is 3. The summed E-state index contributed by atoms with van der Waals surface area (Å²) in [5.74, 6) is 1.28. The Kier molecular flexibility index (Phi) is 6.82. The highest BCUT2D eigenvalue weighted by Crippen LogP contribution is 2.31. The van der Waals surface area contributed by atoms with Gasteiger partial charge in [0.1, 0.15) is 0 Å². The molecule has 6 N–H and O–H groups in total. The number of hydrogen-bond donors (Lipinski definition) is 4. The topological polar surface area (TPSA) is 110 Å². The number of rotatable bonds is 7. The van der Waals surface area contributed by atoms with Gasteiger partial charge < -0.3 is 16.8 Å². The van der Waals surface area contributed by atoms with Crippen LogP contribution in [0.3, 0.4) is 0 Å². The summed E-state index contributed by atoms with van der Waals surface area (Å²) in [6.07, 6.45) is 4.64. The van der Waals surface area contributed by atoms with Gasteiger partial charge in [0, 0.05) is 11.3 Å². The first kappa shape index (κ1) is 23.1. The van der Waals surface area contributed by atoms with Gasteiger partial charge in [0.15, 0.2) is 5.82 Å². The Morgan fingerprint density at radius 3 is 2.51 bits per heavy atom. The number of nitrogens with two attached hydrogens (primary N) is 2. The molecule has 180 valence electrons. The minimum absolute atomic E-state index is 0.0625. The Bertz CT molecular complexity index is 1290. The van der Waals surface area contributed by atoms with Gasteiger partial charge in [-0.15, -0.1) is 0 Å². The molecular weight excluding hydrogens is 434 g/mol. The molecule has 0 radical (unpaired) electrons. The number of nitrogens with one attached hydrogen (secondary N) is 2. The summed E-state index contributed by atoms with van der Waals surface area (Å²) in [5.41, 5.74) is 17.2. The fraction of sp³-hybridized carbons (Fsp3) is 0.310. The van der Waals surface area contributed by atoms with Gasteiger partial charge in [0.25, 0.3) is 0 Å². The Morgan fingerprint density at radius 1 is 0.971 bits per heavy atom. The third kappa shape index (κ3) is 5.23. The van der Waals surface area contributed by atoms with E-state index in [-0.39, 0.29) is 17.9 Å². The molecular formula is C29H33N5O. The van der Waals surface area contributed by atoms with Crippen molar-refractivity contribution < 1.29 is 4.79 Å². The quantitative estimate of drug-likeness (QED) is 0.307. The second-order valence-corrected chi connectivity index (χ2v) is 9.70. The first-order valence-electron chi connectivity index (χ1n) is 12.5. The van der Waals surface area contributed by atoms with E-state index in [0.29, 0.717) is 18.3 Å². The predicted octanol–water partition coefficient (Wildman–Crippen LogP) is 4.98. The van der Waals surface area contributed by atoms with Crippen molar-refractivity contribution in [3.05, 3.63) is 83.9 Å². The van der Waals surface area contributed by atoms with Gasteiger partial charge in [-0.25, -0.2) is 0 Å². The summed E-state index contributed by atoms with van der Waals surface area (Å²) in [4.78, 5) is 13.3. The molecule has 1 atom stereocenters. The molecule has 6 heteroatoms. The van der Waals surface area contributed by atoms with Crippen LogP contribution in [0.4, 0.5) is 5.82 Å². The number of carbonyl (C=O) groups is 1. The first-order valence-corrected chi connectivity index (χ1v) is 12.5. The average Bonchev–Trinajstić information content (AvgIpc) is 3.29. The number of carbonyl (C=O) groups excluding carboxylic acids is 1. The third-order valence-corrected chi connectivity index (χ3v) is 7.36. The second-order valence-electron chi connectivity index (χ2n) is 9.70. The van der Waals surface area contributed by atoms with Gasteiger partial charge in [-0.05, 0) is 85.0 Å². The molecule has 0 saturated heterocycles. The van der Waals surface area contributed by atoms with Gasteiger partial charge in [0.2, 0.25) is 5.91 Å². The summed E-state index contributed by atoms with van der Waals surface area (Å²) in [7, 11) is 0. The number of amides is 1. The largest absolute Gasteiger partial charge is 0.382 e. The van der Waals surface area contributed by atoms with E-state index in [1.807, 2.05) is 24.3 Å². The number of hydrogen-bond acceptors (Lipinski definition) is 4. The smallest absolute Gasteiger partial charge is 0.223 e. The molecule has 1 aliphatic rings. The lowest BCUT2D eigenvalue weighted by molar-refractivity contribution is -0.127. The Labute approximate surface area is 206 Å². The van der Waals surface area contributed by atoms with Crippen molar-refractivity contribution in [2.75, 3.05) is 12.3 Å². The van der Waals surface area contributed by atoms with Crippen molar-refractivity contribution in [1.82, 2.24) is 15.5 Å². The molecule has 35 heavy (non-hydrogen) atoms. The maximum atomic E-state index is 13.3. The number of fused-ring (bicyclic) bond motifs is 1. The number of aromatic nitrogens is 2. The van der Waals surface area contributed by atoms with Crippen LogP contribution in [-0.4, -0.2) is 22.6 Å². The molecule has 6 nitrogen and oxygen atoms in total. The molecule has 5 rings (SSSR count). The summed E-state index contributed by atoms with van der Waals surface area (Å²) in [6, 6.07) is 24.8. The maximum Gasteiger partial charge on any atom is 0.223 e. The second kappa shape index (κ2) is 10.3. The van der Waals surface area contributed by atoms with Gasteiger partial charge in [-0.2, -0.15) is 5.10 Å². The molecule has 1 saturated carbocycles. The van der Waals surface area contributed by atoms with Crippen LogP contribution in [-0.2, 0) is 11.2 Å². The van der Waals surface area contributed by atoms with Crippen LogP contribution in [0.5, 0.6) is 0 Å². The van der Waals surface area contributed by atoms with Crippen LogP contribution in [0.2, 0.25) is 0 Å². The van der Waals surface area contributed by atoms with Gasteiger partial charge >= 0.3 is 0 Å². The fourth-order valence-electron chi connectivity index (χ4n) is 5.21. The van der Waals surface area contributed by atoms with Crippen LogP contribution in [0.25, 0.3) is 22.0 Å². The highest BCUT2D eigenvalue weighted by molar-refractivity contribution is 5.91.